The minimum atomic E-state index is 0.861. The first-order chi connectivity index (χ1) is 6.42. The van der Waals surface area contributed by atoms with E-state index >= 15 is 0 Å². The molecule has 0 saturated heterocycles. The Hall–Kier alpha value is -1.70. The first kappa shape index (κ1) is 7.92. The van der Waals surface area contributed by atoms with E-state index in [4.69, 9.17) is 4.42 Å². The predicted molar refractivity (Wildman–Crippen MR) is 52.4 cm³/mol. The molecular weight excluding hydrogens is 162 g/mol. The van der Waals surface area contributed by atoms with Gasteiger partial charge in [-0.1, -0.05) is 6.08 Å². The van der Waals surface area contributed by atoms with E-state index in [2.05, 4.69) is 11.6 Å². The molecule has 0 bridgehead atoms. The summed E-state index contributed by atoms with van der Waals surface area (Å²) in [5.74, 6) is 0.877. The summed E-state index contributed by atoms with van der Waals surface area (Å²) in [6.45, 7) is 3.71. The largest absolute Gasteiger partial charge is 0.463 e. The van der Waals surface area contributed by atoms with Gasteiger partial charge < -0.3 is 9.40 Å². The van der Waals surface area contributed by atoms with Crippen molar-refractivity contribution in [3.05, 3.63) is 48.9 Å². The molecule has 2 heteroatoms. The van der Waals surface area contributed by atoms with Gasteiger partial charge in [0.25, 0.3) is 0 Å². The molecule has 13 heavy (non-hydrogen) atoms. The molecule has 0 aliphatic rings. The van der Waals surface area contributed by atoms with Gasteiger partial charge in [-0.05, 0) is 30.2 Å². The van der Waals surface area contributed by atoms with Crippen molar-refractivity contribution in [2.45, 2.75) is 6.42 Å². The molecule has 0 aromatic carbocycles. The topological polar surface area (TPSA) is 28.9 Å². The van der Waals surface area contributed by atoms with Crippen molar-refractivity contribution in [3.8, 4) is 11.5 Å². The second-order valence-corrected chi connectivity index (χ2v) is 2.85. The molecule has 66 valence electrons. The van der Waals surface area contributed by atoms with Gasteiger partial charge in [0.2, 0.25) is 0 Å². The maximum Gasteiger partial charge on any atom is 0.150 e. The van der Waals surface area contributed by atoms with Crippen LogP contribution in [0.2, 0.25) is 0 Å². The number of H-pyrrole nitrogens is 1. The Labute approximate surface area is 76.9 Å². The third-order valence-corrected chi connectivity index (χ3v) is 1.97. The number of hydrogen-bond acceptors (Lipinski definition) is 1. The van der Waals surface area contributed by atoms with E-state index in [1.165, 1.54) is 5.56 Å². The number of rotatable bonds is 3. The fourth-order valence-corrected chi connectivity index (χ4v) is 1.38. The standard InChI is InChI=1S/C11H11NO/c1-2-4-9-6-7-12-11(9)10-5-3-8-13-10/h2-3,5-8,12H,1,4H2. The molecule has 2 aromatic heterocycles. The number of furan rings is 1. The highest BCUT2D eigenvalue weighted by atomic mass is 16.3. The lowest BCUT2D eigenvalue weighted by molar-refractivity contribution is 0.580. The van der Waals surface area contributed by atoms with Crippen LogP contribution in [0, 0.1) is 0 Å². The highest BCUT2D eigenvalue weighted by molar-refractivity contribution is 5.57. The van der Waals surface area contributed by atoms with Crippen LogP contribution in [0.5, 0.6) is 0 Å². The minimum Gasteiger partial charge on any atom is -0.463 e. The normalized spacial score (nSPS) is 10.2. The molecule has 0 fully saturated rings. The van der Waals surface area contributed by atoms with Crippen LogP contribution in [0.3, 0.4) is 0 Å². The average Bonchev–Trinajstić information content (AvgIpc) is 2.71. The quantitative estimate of drug-likeness (QED) is 0.710. The van der Waals surface area contributed by atoms with Crippen molar-refractivity contribution < 1.29 is 4.42 Å². The van der Waals surface area contributed by atoms with Crippen LogP contribution in [0.4, 0.5) is 0 Å². The Balaban J connectivity index is 2.40. The Morgan fingerprint density at radius 1 is 1.46 bits per heavy atom. The summed E-state index contributed by atoms with van der Waals surface area (Å²) < 4.78 is 5.30. The number of nitrogens with one attached hydrogen (secondary N) is 1. The van der Waals surface area contributed by atoms with E-state index in [1.807, 2.05) is 30.5 Å². The monoisotopic (exact) mass is 173 g/mol. The molecule has 0 amide bonds. The molecule has 2 aromatic rings. The molecule has 0 aliphatic heterocycles. The molecule has 1 N–H and O–H groups in total. The van der Waals surface area contributed by atoms with E-state index in [1.54, 1.807) is 6.26 Å². The van der Waals surface area contributed by atoms with E-state index in [0.717, 1.165) is 17.9 Å². The minimum absolute atomic E-state index is 0.861. The van der Waals surface area contributed by atoms with E-state index in [0.29, 0.717) is 0 Å². The summed E-state index contributed by atoms with van der Waals surface area (Å²) in [6.07, 6.45) is 6.33. The van der Waals surface area contributed by atoms with Crippen LogP contribution in [-0.4, -0.2) is 4.98 Å². The summed E-state index contributed by atoms with van der Waals surface area (Å²) in [5, 5.41) is 0. The van der Waals surface area contributed by atoms with Crippen molar-refractivity contribution in [3.63, 3.8) is 0 Å². The maximum atomic E-state index is 5.30. The van der Waals surface area contributed by atoms with Gasteiger partial charge in [-0.25, -0.2) is 0 Å². The van der Waals surface area contributed by atoms with Gasteiger partial charge in [0.1, 0.15) is 5.76 Å². The van der Waals surface area contributed by atoms with Gasteiger partial charge in [0.05, 0.1) is 12.0 Å². The molecule has 0 spiro atoms. The smallest absolute Gasteiger partial charge is 0.150 e. The molecule has 2 rings (SSSR count). The van der Waals surface area contributed by atoms with E-state index in [-0.39, 0.29) is 0 Å². The molecule has 0 atom stereocenters. The zero-order chi connectivity index (χ0) is 9.10. The lowest BCUT2D eigenvalue weighted by atomic mass is 10.1. The van der Waals surface area contributed by atoms with E-state index < -0.39 is 0 Å². The highest BCUT2D eigenvalue weighted by Crippen LogP contribution is 2.22. The number of hydrogen-bond donors (Lipinski definition) is 1. The first-order valence-corrected chi connectivity index (χ1v) is 4.23. The summed E-state index contributed by atoms with van der Waals surface area (Å²) in [5.41, 5.74) is 2.26. The molecule has 0 aliphatic carbocycles. The third kappa shape index (κ3) is 1.43. The fourth-order valence-electron chi connectivity index (χ4n) is 1.38. The van der Waals surface area contributed by atoms with Gasteiger partial charge in [-0.15, -0.1) is 6.58 Å². The van der Waals surface area contributed by atoms with Crippen molar-refractivity contribution >= 4 is 0 Å². The summed E-state index contributed by atoms with van der Waals surface area (Å²) in [7, 11) is 0. The molecule has 0 radical (unpaired) electrons. The van der Waals surface area contributed by atoms with E-state index in [9.17, 15) is 0 Å². The van der Waals surface area contributed by atoms with Gasteiger partial charge in [0, 0.05) is 6.20 Å². The zero-order valence-electron chi connectivity index (χ0n) is 7.29. The Morgan fingerprint density at radius 3 is 3.08 bits per heavy atom. The summed E-state index contributed by atoms with van der Waals surface area (Å²) in [4.78, 5) is 3.15. The Morgan fingerprint density at radius 2 is 2.38 bits per heavy atom. The van der Waals surface area contributed by atoms with Gasteiger partial charge in [0.15, 0.2) is 0 Å². The molecule has 2 heterocycles. The molecule has 2 nitrogen and oxygen atoms in total. The van der Waals surface area contributed by atoms with Crippen molar-refractivity contribution in [1.29, 1.82) is 0 Å². The number of allylic oxidation sites excluding steroid dienone is 1. The first-order valence-electron chi connectivity index (χ1n) is 4.23. The zero-order valence-corrected chi connectivity index (χ0v) is 7.29. The van der Waals surface area contributed by atoms with Crippen LogP contribution < -0.4 is 0 Å². The average molecular weight is 173 g/mol. The van der Waals surface area contributed by atoms with Crippen molar-refractivity contribution in [2.24, 2.45) is 0 Å². The lowest BCUT2D eigenvalue weighted by Gasteiger charge is -1.96. The molecule has 0 saturated carbocycles. The van der Waals surface area contributed by atoms with Gasteiger partial charge in [-0.3, -0.25) is 0 Å². The maximum absolute atomic E-state index is 5.30. The lowest BCUT2D eigenvalue weighted by Crippen LogP contribution is -1.81. The van der Waals surface area contributed by atoms with Crippen molar-refractivity contribution in [2.75, 3.05) is 0 Å². The highest BCUT2D eigenvalue weighted by Gasteiger charge is 2.06. The summed E-state index contributed by atoms with van der Waals surface area (Å²) >= 11 is 0. The number of aromatic nitrogens is 1. The van der Waals surface area contributed by atoms with Gasteiger partial charge in [-0.2, -0.15) is 0 Å². The fraction of sp³-hybridized carbons (Fsp3) is 0.0909. The van der Waals surface area contributed by atoms with Crippen LogP contribution in [-0.2, 0) is 6.42 Å². The van der Waals surface area contributed by atoms with Gasteiger partial charge >= 0.3 is 0 Å². The number of aromatic amines is 1. The Kier molecular flexibility index (Phi) is 2.04. The second-order valence-electron chi connectivity index (χ2n) is 2.85. The van der Waals surface area contributed by atoms with Crippen molar-refractivity contribution in [1.82, 2.24) is 4.98 Å². The molecule has 0 unspecified atom stereocenters. The second kappa shape index (κ2) is 3.35. The SMILES string of the molecule is C=CCc1cc[nH]c1-c1ccco1. The van der Waals surface area contributed by atoms with Crippen LogP contribution in [0.25, 0.3) is 11.5 Å². The van der Waals surface area contributed by atoms with Crippen LogP contribution in [0.1, 0.15) is 5.56 Å². The predicted octanol–water partition coefficient (Wildman–Crippen LogP) is 3.00. The molecular formula is C11H11NO. The third-order valence-electron chi connectivity index (χ3n) is 1.97. The van der Waals surface area contributed by atoms with Crippen LogP contribution >= 0.6 is 0 Å². The van der Waals surface area contributed by atoms with Crippen LogP contribution in [0.15, 0.2) is 47.7 Å². The Bertz CT molecular complexity index is 384. The summed E-state index contributed by atoms with van der Waals surface area (Å²) in [6, 6.07) is 5.87.